The molecule has 0 aliphatic carbocycles. The molecule has 6 heteroatoms. The highest BCUT2D eigenvalue weighted by molar-refractivity contribution is 14.1. The van der Waals surface area contributed by atoms with Crippen LogP contribution in [0.3, 0.4) is 0 Å². The van der Waals surface area contributed by atoms with Crippen molar-refractivity contribution in [3.8, 4) is 17.1 Å². The first-order valence-corrected chi connectivity index (χ1v) is 7.88. The topological polar surface area (TPSA) is 35.0 Å². The highest BCUT2D eigenvalue weighted by Crippen LogP contribution is 2.29. The van der Waals surface area contributed by atoms with Gasteiger partial charge in [0.1, 0.15) is 16.1 Å². The number of halogens is 3. The highest BCUT2D eigenvalue weighted by Gasteiger charge is 2.11. The predicted molar refractivity (Wildman–Crippen MR) is 94.3 cm³/mol. The van der Waals surface area contributed by atoms with E-state index in [1.807, 2.05) is 59.0 Å². The van der Waals surface area contributed by atoms with Gasteiger partial charge in [0.25, 0.3) is 0 Å². The normalized spacial score (nSPS) is 10.9. The number of hydrogen-bond donors (Lipinski definition) is 0. The Kier molecular flexibility index (Phi) is 4.19. The zero-order valence-corrected chi connectivity index (χ0v) is 14.6. The lowest BCUT2D eigenvalue weighted by molar-refractivity contribution is 0.415. The minimum atomic E-state index is 0.362. The minimum absolute atomic E-state index is 0.362. The smallest absolute Gasteiger partial charge is 0.162 e. The maximum Gasteiger partial charge on any atom is 0.162 e. The van der Waals surface area contributed by atoms with E-state index in [4.69, 9.17) is 27.9 Å². The van der Waals surface area contributed by atoms with Crippen LogP contribution in [-0.4, -0.2) is 17.1 Å². The van der Waals surface area contributed by atoms with Crippen LogP contribution in [0.2, 0.25) is 10.3 Å². The monoisotopic (exact) mass is 430 g/mol. The van der Waals surface area contributed by atoms with Crippen molar-refractivity contribution in [3.05, 3.63) is 50.3 Å². The molecule has 1 aromatic heterocycles. The third-order valence-electron chi connectivity index (χ3n) is 3.08. The van der Waals surface area contributed by atoms with Crippen LogP contribution in [0.1, 0.15) is 0 Å². The Hall–Kier alpha value is -1.11. The number of hydrogen-bond acceptors (Lipinski definition) is 3. The van der Waals surface area contributed by atoms with Gasteiger partial charge in [0.15, 0.2) is 5.82 Å². The summed E-state index contributed by atoms with van der Waals surface area (Å²) in [7, 11) is 1.65. The summed E-state index contributed by atoms with van der Waals surface area (Å²) in [4.78, 5) is 8.56. The number of aromatic nitrogens is 2. The summed E-state index contributed by atoms with van der Waals surface area (Å²) in [6, 6.07) is 11.8. The van der Waals surface area contributed by atoms with Crippen LogP contribution in [0.5, 0.6) is 5.75 Å². The molecule has 0 aliphatic rings. The van der Waals surface area contributed by atoms with Crippen LogP contribution in [0.15, 0.2) is 36.4 Å². The number of nitrogens with zero attached hydrogens (tertiary/aromatic N) is 2. The van der Waals surface area contributed by atoms with Crippen molar-refractivity contribution in [3.63, 3.8) is 0 Å². The van der Waals surface area contributed by atoms with E-state index in [1.165, 1.54) is 0 Å². The zero-order chi connectivity index (χ0) is 15.0. The molecule has 0 N–H and O–H groups in total. The Labute approximate surface area is 145 Å². The lowest BCUT2D eigenvalue weighted by Gasteiger charge is -2.06. The number of rotatable bonds is 2. The first kappa shape index (κ1) is 14.8. The van der Waals surface area contributed by atoms with E-state index in [0.29, 0.717) is 19.7 Å². The molecule has 0 bridgehead atoms. The van der Waals surface area contributed by atoms with Gasteiger partial charge in [-0.05, 0) is 51.6 Å². The van der Waals surface area contributed by atoms with Crippen LogP contribution in [0, 0.1) is 3.57 Å². The Morgan fingerprint density at radius 1 is 0.952 bits per heavy atom. The average Bonchev–Trinajstić information content (AvgIpc) is 2.51. The van der Waals surface area contributed by atoms with Crippen molar-refractivity contribution < 1.29 is 4.74 Å². The quantitative estimate of drug-likeness (QED) is 0.413. The van der Waals surface area contributed by atoms with E-state index in [-0.39, 0.29) is 0 Å². The van der Waals surface area contributed by atoms with Crippen molar-refractivity contribution >= 4 is 56.6 Å². The maximum absolute atomic E-state index is 6.07. The second kappa shape index (κ2) is 5.94. The van der Waals surface area contributed by atoms with E-state index in [2.05, 4.69) is 9.97 Å². The highest BCUT2D eigenvalue weighted by atomic mass is 127. The van der Waals surface area contributed by atoms with Gasteiger partial charge in [-0.15, -0.1) is 0 Å². The molecule has 2 aromatic carbocycles. The van der Waals surface area contributed by atoms with Crippen molar-refractivity contribution in [1.29, 1.82) is 0 Å². The average molecular weight is 431 g/mol. The summed E-state index contributed by atoms with van der Waals surface area (Å²) >= 11 is 14.2. The maximum atomic E-state index is 6.07. The van der Waals surface area contributed by atoms with Crippen LogP contribution in [0.25, 0.3) is 22.2 Å². The van der Waals surface area contributed by atoms with E-state index < -0.39 is 0 Å². The van der Waals surface area contributed by atoms with Crippen molar-refractivity contribution in [2.24, 2.45) is 0 Å². The fourth-order valence-electron chi connectivity index (χ4n) is 2.01. The third-order valence-corrected chi connectivity index (χ3v) is 5.28. The van der Waals surface area contributed by atoms with Gasteiger partial charge in [-0.2, -0.15) is 0 Å². The number of fused-ring (bicyclic) bond motifs is 1. The summed E-state index contributed by atoms with van der Waals surface area (Å²) in [5, 5.41) is 2.88. The molecule has 0 amide bonds. The van der Waals surface area contributed by atoms with Gasteiger partial charge in [0.2, 0.25) is 0 Å². The molecular weight excluding hydrogens is 422 g/mol. The van der Waals surface area contributed by atoms with Crippen molar-refractivity contribution in [1.82, 2.24) is 9.97 Å². The van der Waals surface area contributed by atoms with Gasteiger partial charge in [0.05, 0.1) is 10.7 Å². The van der Waals surface area contributed by atoms with Gasteiger partial charge in [0, 0.05) is 5.56 Å². The summed E-state index contributed by atoms with van der Waals surface area (Å²) in [6.07, 6.45) is 0. The van der Waals surface area contributed by atoms with E-state index in [0.717, 1.165) is 22.1 Å². The van der Waals surface area contributed by atoms with E-state index in [1.54, 1.807) is 7.11 Å². The lowest BCUT2D eigenvalue weighted by atomic mass is 10.1. The minimum Gasteiger partial charge on any atom is -0.497 e. The third kappa shape index (κ3) is 2.93. The summed E-state index contributed by atoms with van der Waals surface area (Å²) in [6.45, 7) is 0. The summed E-state index contributed by atoms with van der Waals surface area (Å²) in [5.41, 5.74) is 0.868. The molecule has 0 saturated heterocycles. The molecule has 0 radical (unpaired) electrons. The number of benzene rings is 2. The Bertz CT molecular complexity index is 816. The van der Waals surface area contributed by atoms with Crippen LogP contribution in [0.4, 0.5) is 0 Å². The summed E-state index contributed by atoms with van der Waals surface area (Å²) < 4.78 is 5.88. The molecule has 3 rings (SSSR count). The van der Waals surface area contributed by atoms with E-state index >= 15 is 0 Å². The van der Waals surface area contributed by atoms with Gasteiger partial charge in [-0.3, -0.25) is 0 Å². The molecule has 106 valence electrons. The molecule has 0 unspecified atom stereocenters. The number of ether oxygens (including phenoxy) is 1. The van der Waals surface area contributed by atoms with Gasteiger partial charge in [-0.25, -0.2) is 9.97 Å². The van der Waals surface area contributed by atoms with Gasteiger partial charge < -0.3 is 4.74 Å². The Morgan fingerprint density at radius 3 is 2.24 bits per heavy atom. The number of methoxy groups -OCH3 is 1. The first-order chi connectivity index (χ1) is 10.1. The van der Waals surface area contributed by atoms with Gasteiger partial charge >= 0.3 is 0 Å². The molecular formula is C15H9Cl2IN2O. The Morgan fingerprint density at radius 2 is 1.57 bits per heavy atom. The zero-order valence-electron chi connectivity index (χ0n) is 10.9. The molecule has 0 atom stereocenters. The molecule has 0 aliphatic heterocycles. The van der Waals surface area contributed by atoms with Crippen molar-refractivity contribution in [2.45, 2.75) is 0 Å². The van der Waals surface area contributed by atoms with Crippen LogP contribution >= 0.6 is 45.8 Å². The van der Waals surface area contributed by atoms with Crippen molar-refractivity contribution in [2.75, 3.05) is 7.11 Å². The second-order valence-electron chi connectivity index (χ2n) is 4.37. The SMILES string of the molecule is COc1ccc2cc(-c3nc(Cl)c(I)c(Cl)n3)ccc2c1. The molecule has 21 heavy (non-hydrogen) atoms. The fraction of sp³-hybridized carbons (Fsp3) is 0.0667. The molecule has 3 nitrogen and oxygen atoms in total. The van der Waals surface area contributed by atoms with Crippen LogP contribution < -0.4 is 4.74 Å². The Balaban J connectivity index is 2.13. The molecule has 3 aromatic rings. The molecule has 0 fully saturated rings. The summed E-state index contributed by atoms with van der Waals surface area (Å²) in [5.74, 6) is 1.34. The lowest BCUT2D eigenvalue weighted by Crippen LogP contribution is -1.94. The largest absolute Gasteiger partial charge is 0.497 e. The molecule has 1 heterocycles. The predicted octanol–water partition coefficient (Wildman–Crippen LogP) is 5.22. The molecule has 0 saturated carbocycles. The fourth-order valence-corrected chi connectivity index (χ4v) is 2.64. The first-order valence-electron chi connectivity index (χ1n) is 6.05. The standard InChI is InChI=1S/C15H9Cl2IN2O/c1-21-11-5-4-8-6-10(3-2-9(8)7-11)15-19-13(16)12(18)14(17)20-15/h2-7H,1H3. The molecule has 0 spiro atoms. The second-order valence-corrected chi connectivity index (χ2v) is 6.17. The van der Waals surface area contributed by atoms with E-state index in [9.17, 15) is 0 Å². The van der Waals surface area contributed by atoms with Crippen LogP contribution in [-0.2, 0) is 0 Å². The van der Waals surface area contributed by atoms with Gasteiger partial charge in [-0.1, -0.05) is 41.4 Å².